The van der Waals surface area contributed by atoms with Crippen LogP contribution in [0.25, 0.3) is 0 Å². The number of aromatic nitrogens is 1. The Kier molecular flexibility index (Phi) is 6.13. The first kappa shape index (κ1) is 19.2. The molecule has 0 bridgehead atoms. The molecule has 1 aromatic heterocycles. The highest BCUT2D eigenvalue weighted by Crippen LogP contribution is 2.30. The van der Waals surface area contributed by atoms with Crippen molar-refractivity contribution in [3.05, 3.63) is 18.3 Å². The second kappa shape index (κ2) is 8.93. The molecule has 0 aromatic carbocycles. The minimum atomic E-state index is 0.0837. The lowest BCUT2D eigenvalue weighted by molar-refractivity contribution is -0.133. The van der Waals surface area contributed by atoms with E-state index in [1.165, 1.54) is 25.7 Å². The topological polar surface area (TPSA) is 71.5 Å². The van der Waals surface area contributed by atoms with Crippen molar-refractivity contribution in [2.45, 2.75) is 70.3 Å². The molecule has 6 heteroatoms. The first-order valence-electron chi connectivity index (χ1n) is 10.9. The lowest BCUT2D eigenvalue weighted by Crippen LogP contribution is -2.41. The molecule has 1 saturated heterocycles. The first-order chi connectivity index (χ1) is 13.7. The van der Waals surface area contributed by atoms with Gasteiger partial charge < -0.3 is 15.0 Å². The van der Waals surface area contributed by atoms with E-state index < -0.39 is 0 Å². The minimum absolute atomic E-state index is 0.0837. The average molecular weight is 386 g/mol. The van der Waals surface area contributed by atoms with Gasteiger partial charge in [-0.05, 0) is 31.2 Å². The van der Waals surface area contributed by atoms with Crippen LogP contribution in [0.5, 0.6) is 5.88 Å². The fourth-order valence-electron chi connectivity index (χ4n) is 4.29. The summed E-state index contributed by atoms with van der Waals surface area (Å²) in [4.78, 5) is 30.5. The largest absolute Gasteiger partial charge is 0.474 e. The Hall–Kier alpha value is -2.11. The highest BCUT2D eigenvalue weighted by molar-refractivity contribution is 5.93. The molecule has 2 aliphatic carbocycles. The van der Waals surface area contributed by atoms with E-state index in [0.717, 1.165) is 51.1 Å². The van der Waals surface area contributed by atoms with Crippen molar-refractivity contribution in [1.29, 1.82) is 0 Å². The number of nitrogens with zero attached hydrogens (tertiary/aromatic N) is 2. The van der Waals surface area contributed by atoms with Crippen molar-refractivity contribution in [2.24, 2.45) is 11.8 Å². The van der Waals surface area contributed by atoms with Gasteiger partial charge in [0.05, 0.1) is 11.9 Å². The van der Waals surface area contributed by atoms with Crippen LogP contribution in [0.4, 0.5) is 5.69 Å². The number of anilines is 1. The molecule has 0 atom stereocenters. The van der Waals surface area contributed by atoms with Gasteiger partial charge in [-0.3, -0.25) is 9.59 Å². The van der Waals surface area contributed by atoms with Crippen LogP contribution >= 0.6 is 0 Å². The molecule has 152 valence electrons. The summed E-state index contributed by atoms with van der Waals surface area (Å²) in [6, 6.07) is 3.64. The Labute approximate surface area is 167 Å². The second-order valence-electron chi connectivity index (χ2n) is 8.54. The second-order valence-corrected chi connectivity index (χ2v) is 8.54. The lowest BCUT2D eigenvalue weighted by atomic mass is 10.0. The number of rotatable bonds is 7. The third-order valence-electron chi connectivity index (χ3n) is 6.28. The number of carbonyl (C=O) groups excluding carboxylic acids is 2. The highest BCUT2D eigenvalue weighted by atomic mass is 16.5. The predicted molar refractivity (Wildman–Crippen MR) is 107 cm³/mol. The number of pyridine rings is 1. The number of piperidine rings is 1. The van der Waals surface area contributed by atoms with E-state index in [4.69, 9.17) is 4.74 Å². The Bertz CT molecular complexity index is 673. The Morgan fingerprint density at radius 1 is 1.07 bits per heavy atom. The van der Waals surface area contributed by atoms with E-state index in [-0.39, 0.29) is 17.9 Å². The SMILES string of the molecule is O=C(Nc1ccc(OC2CCN(C(=O)CCC3CCCC3)CC2)nc1)C1CC1. The van der Waals surface area contributed by atoms with Gasteiger partial charge in [0.2, 0.25) is 17.7 Å². The number of ether oxygens (including phenoxy) is 1. The molecular weight excluding hydrogens is 354 g/mol. The van der Waals surface area contributed by atoms with E-state index in [1.54, 1.807) is 6.20 Å². The number of hydrogen-bond donors (Lipinski definition) is 1. The van der Waals surface area contributed by atoms with Gasteiger partial charge >= 0.3 is 0 Å². The lowest BCUT2D eigenvalue weighted by Gasteiger charge is -2.32. The van der Waals surface area contributed by atoms with E-state index in [0.29, 0.717) is 23.9 Å². The molecule has 0 unspecified atom stereocenters. The Morgan fingerprint density at radius 2 is 1.82 bits per heavy atom. The summed E-state index contributed by atoms with van der Waals surface area (Å²) < 4.78 is 5.98. The third kappa shape index (κ3) is 5.24. The number of nitrogens with one attached hydrogen (secondary N) is 1. The van der Waals surface area contributed by atoms with E-state index in [1.807, 2.05) is 17.0 Å². The van der Waals surface area contributed by atoms with Gasteiger partial charge in [0, 0.05) is 44.3 Å². The van der Waals surface area contributed by atoms with Crippen molar-refractivity contribution < 1.29 is 14.3 Å². The van der Waals surface area contributed by atoms with Gasteiger partial charge in [-0.25, -0.2) is 4.98 Å². The van der Waals surface area contributed by atoms with E-state index in [9.17, 15) is 9.59 Å². The highest BCUT2D eigenvalue weighted by Gasteiger charge is 2.29. The number of hydrogen-bond acceptors (Lipinski definition) is 4. The zero-order chi connectivity index (χ0) is 19.3. The maximum Gasteiger partial charge on any atom is 0.227 e. The van der Waals surface area contributed by atoms with Gasteiger partial charge in [-0.1, -0.05) is 25.7 Å². The normalized spacial score (nSPS) is 20.9. The smallest absolute Gasteiger partial charge is 0.227 e. The molecule has 6 nitrogen and oxygen atoms in total. The predicted octanol–water partition coefficient (Wildman–Crippen LogP) is 3.77. The van der Waals surface area contributed by atoms with Crippen molar-refractivity contribution in [3.8, 4) is 5.88 Å². The van der Waals surface area contributed by atoms with Crippen LogP contribution in [-0.2, 0) is 9.59 Å². The number of amides is 2. The van der Waals surface area contributed by atoms with Crippen LogP contribution in [0.1, 0.15) is 64.2 Å². The van der Waals surface area contributed by atoms with Crippen molar-refractivity contribution >= 4 is 17.5 Å². The van der Waals surface area contributed by atoms with E-state index >= 15 is 0 Å². The van der Waals surface area contributed by atoms with Gasteiger partial charge in [0.15, 0.2) is 0 Å². The first-order valence-corrected chi connectivity index (χ1v) is 10.9. The van der Waals surface area contributed by atoms with Crippen LogP contribution in [0.3, 0.4) is 0 Å². The van der Waals surface area contributed by atoms with Crippen LogP contribution in [0.2, 0.25) is 0 Å². The average Bonchev–Trinajstić information content (AvgIpc) is 3.44. The monoisotopic (exact) mass is 385 g/mol. The molecule has 4 rings (SSSR count). The fraction of sp³-hybridized carbons (Fsp3) is 0.682. The zero-order valence-electron chi connectivity index (χ0n) is 16.6. The molecule has 1 aliphatic heterocycles. The molecule has 3 aliphatic rings. The quantitative estimate of drug-likeness (QED) is 0.775. The molecule has 0 spiro atoms. The molecule has 1 N–H and O–H groups in total. The standard InChI is InChI=1S/C22H31N3O3/c26-21(10-5-16-3-1-2-4-16)25-13-11-19(12-14-25)28-20-9-8-18(15-23-20)24-22(27)17-6-7-17/h8-9,15-17,19H,1-7,10-14H2,(H,24,27). The van der Waals surface area contributed by atoms with Crippen LogP contribution in [0, 0.1) is 11.8 Å². The Morgan fingerprint density at radius 3 is 2.46 bits per heavy atom. The summed E-state index contributed by atoms with van der Waals surface area (Å²) >= 11 is 0. The summed E-state index contributed by atoms with van der Waals surface area (Å²) in [5.41, 5.74) is 0.715. The summed E-state index contributed by atoms with van der Waals surface area (Å²) in [6.45, 7) is 1.54. The summed E-state index contributed by atoms with van der Waals surface area (Å²) in [5.74, 6) is 1.92. The molecule has 0 radical (unpaired) electrons. The summed E-state index contributed by atoms with van der Waals surface area (Å²) in [7, 11) is 0. The molecule has 1 aromatic rings. The molecular formula is C22H31N3O3. The van der Waals surface area contributed by atoms with Crippen molar-refractivity contribution in [3.63, 3.8) is 0 Å². The summed E-state index contributed by atoms with van der Waals surface area (Å²) in [5, 5.41) is 2.88. The maximum atomic E-state index is 12.4. The van der Waals surface area contributed by atoms with Crippen LogP contribution in [0.15, 0.2) is 18.3 Å². The van der Waals surface area contributed by atoms with Crippen LogP contribution < -0.4 is 10.1 Å². The zero-order valence-corrected chi connectivity index (χ0v) is 16.6. The number of likely N-dealkylation sites (tertiary alicyclic amines) is 1. The van der Waals surface area contributed by atoms with Crippen molar-refractivity contribution in [2.75, 3.05) is 18.4 Å². The molecule has 2 saturated carbocycles. The molecule has 2 heterocycles. The van der Waals surface area contributed by atoms with Gasteiger partial charge in [-0.2, -0.15) is 0 Å². The van der Waals surface area contributed by atoms with Gasteiger partial charge in [0.25, 0.3) is 0 Å². The minimum Gasteiger partial charge on any atom is -0.474 e. The molecule has 28 heavy (non-hydrogen) atoms. The van der Waals surface area contributed by atoms with Gasteiger partial charge in [0.1, 0.15) is 6.10 Å². The van der Waals surface area contributed by atoms with E-state index in [2.05, 4.69) is 10.3 Å². The maximum absolute atomic E-state index is 12.4. The molecule has 3 fully saturated rings. The summed E-state index contributed by atoms with van der Waals surface area (Å²) in [6.07, 6.45) is 12.5. The third-order valence-corrected chi connectivity index (χ3v) is 6.28. The van der Waals surface area contributed by atoms with Gasteiger partial charge in [-0.15, -0.1) is 0 Å². The van der Waals surface area contributed by atoms with Crippen molar-refractivity contribution in [1.82, 2.24) is 9.88 Å². The molecule has 2 amide bonds. The fourth-order valence-corrected chi connectivity index (χ4v) is 4.29. The van der Waals surface area contributed by atoms with Crippen LogP contribution in [-0.4, -0.2) is 40.9 Å². The number of carbonyl (C=O) groups is 2. The Balaban J connectivity index is 1.17.